The van der Waals surface area contributed by atoms with E-state index in [2.05, 4.69) is 17.3 Å². The van der Waals surface area contributed by atoms with Crippen molar-refractivity contribution in [3.05, 3.63) is 0 Å². The smallest absolute Gasteiger partial charge is 0.0384 e. The molecule has 0 aromatic rings. The molecular weight excluding hydrogens is 88.1 g/mol. The molecule has 0 aliphatic carbocycles. The molecule has 2 heterocycles. The van der Waals surface area contributed by atoms with Crippen LogP contribution in [0.1, 0.15) is 0 Å². The summed E-state index contributed by atoms with van der Waals surface area (Å²) >= 11 is 0. The molecule has 2 atom stereocenters. The van der Waals surface area contributed by atoms with E-state index in [1.54, 1.807) is 0 Å². The number of nitrogens with one attached hydrogen (secondary N) is 1. The average molecular weight is 98.1 g/mol. The van der Waals surface area contributed by atoms with Crippen LogP contribution in [0.5, 0.6) is 0 Å². The highest BCUT2D eigenvalue weighted by atomic mass is 15.3. The number of likely N-dealkylation sites (tertiary alicyclic amines) is 1. The Bertz CT molecular complexity index is 88.1. The van der Waals surface area contributed by atoms with Crippen molar-refractivity contribution in [1.82, 2.24) is 10.2 Å². The number of nitrogens with zero attached hydrogens (tertiary/aromatic N) is 1. The summed E-state index contributed by atoms with van der Waals surface area (Å²) in [6.45, 7) is 2.49. The summed E-state index contributed by atoms with van der Waals surface area (Å²) in [5.74, 6) is 0. The van der Waals surface area contributed by atoms with Gasteiger partial charge in [0, 0.05) is 25.2 Å². The van der Waals surface area contributed by atoms with Crippen LogP contribution >= 0.6 is 0 Å². The second-order valence-electron chi connectivity index (χ2n) is 2.52. The van der Waals surface area contributed by atoms with Crippen LogP contribution in [0.3, 0.4) is 0 Å². The number of fused-ring (bicyclic) bond motifs is 1. The first-order valence-electron chi connectivity index (χ1n) is 2.81. The molecule has 2 fully saturated rings. The largest absolute Gasteiger partial charge is 0.310 e. The van der Waals surface area contributed by atoms with Crippen LogP contribution in [0.25, 0.3) is 0 Å². The number of piperazine rings is 1. The van der Waals surface area contributed by atoms with Crippen molar-refractivity contribution in [1.29, 1.82) is 0 Å². The van der Waals surface area contributed by atoms with Crippen molar-refractivity contribution in [2.24, 2.45) is 0 Å². The molecule has 2 aliphatic heterocycles. The van der Waals surface area contributed by atoms with Gasteiger partial charge in [-0.25, -0.2) is 0 Å². The molecule has 40 valence electrons. The van der Waals surface area contributed by atoms with Gasteiger partial charge in [0.05, 0.1) is 0 Å². The molecule has 0 aromatic heterocycles. The predicted molar refractivity (Wildman–Crippen MR) is 28.2 cm³/mol. The fourth-order valence-corrected chi connectivity index (χ4v) is 1.35. The van der Waals surface area contributed by atoms with Crippen LogP contribution < -0.4 is 5.32 Å². The van der Waals surface area contributed by atoms with Crippen molar-refractivity contribution in [3.8, 4) is 0 Å². The fourth-order valence-electron chi connectivity index (χ4n) is 1.35. The summed E-state index contributed by atoms with van der Waals surface area (Å²) in [7, 11) is 2.18. The maximum Gasteiger partial charge on any atom is 0.0384 e. The van der Waals surface area contributed by atoms with Gasteiger partial charge in [-0.05, 0) is 7.05 Å². The first-order chi connectivity index (χ1) is 3.38. The Labute approximate surface area is 43.5 Å². The second kappa shape index (κ2) is 1.01. The molecule has 0 bridgehead atoms. The van der Waals surface area contributed by atoms with Gasteiger partial charge in [0.15, 0.2) is 0 Å². The Hall–Kier alpha value is -0.0800. The third kappa shape index (κ3) is 0.318. The molecule has 2 aliphatic rings. The van der Waals surface area contributed by atoms with E-state index in [1.165, 1.54) is 13.1 Å². The maximum atomic E-state index is 3.33. The molecule has 0 amide bonds. The van der Waals surface area contributed by atoms with Crippen LogP contribution in [0, 0.1) is 0 Å². The average Bonchev–Trinajstić information content (AvgIpc) is 1.59. The summed E-state index contributed by atoms with van der Waals surface area (Å²) in [4.78, 5) is 2.39. The van der Waals surface area contributed by atoms with Crippen molar-refractivity contribution in [2.45, 2.75) is 12.1 Å². The van der Waals surface area contributed by atoms with Gasteiger partial charge in [-0.3, -0.25) is 4.90 Å². The minimum atomic E-state index is 0.866. The summed E-state index contributed by atoms with van der Waals surface area (Å²) in [5.41, 5.74) is 0. The maximum absolute atomic E-state index is 3.33. The van der Waals surface area contributed by atoms with Gasteiger partial charge in [0.1, 0.15) is 0 Å². The van der Waals surface area contributed by atoms with Gasteiger partial charge in [-0.1, -0.05) is 0 Å². The first kappa shape index (κ1) is 3.87. The van der Waals surface area contributed by atoms with Gasteiger partial charge >= 0.3 is 0 Å². The minimum Gasteiger partial charge on any atom is -0.310 e. The number of rotatable bonds is 0. The molecule has 0 saturated carbocycles. The molecule has 0 aromatic carbocycles. The van der Waals surface area contributed by atoms with Crippen molar-refractivity contribution < 1.29 is 0 Å². The molecule has 1 N–H and O–H groups in total. The lowest BCUT2D eigenvalue weighted by molar-refractivity contribution is 0.00576. The van der Waals surface area contributed by atoms with E-state index in [0.717, 1.165) is 12.1 Å². The zero-order chi connectivity index (χ0) is 4.85. The van der Waals surface area contributed by atoms with Gasteiger partial charge in [-0.2, -0.15) is 0 Å². The number of likely N-dealkylation sites (N-methyl/N-ethyl adjacent to an activating group) is 1. The topological polar surface area (TPSA) is 15.3 Å². The summed E-state index contributed by atoms with van der Waals surface area (Å²) in [6, 6.07) is 1.77. The van der Waals surface area contributed by atoms with Crippen LogP contribution in [0.2, 0.25) is 0 Å². The minimum absolute atomic E-state index is 0.866. The van der Waals surface area contributed by atoms with Crippen LogP contribution in [-0.4, -0.2) is 37.1 Å². The monoisotopic (exact) mass is 98.1 g/mol. The Balaban J connectivity index is 1.99. The quantitative estimate of drug-likeness (QED) is 0.430. The normalized spacial score (nSPS) is 49.3. The lowest BCUT2D eigenvalue weighted by Gasteiger charge is -2.54. The third-order valence-electron chi connectivity index (χ3n) is 2.10. The van der Waals surface area contributed by atoms with E-state index in [0.29, 0.717) is 0 Å². The van der Waals surface area contributed by atoms with Gasteiger partial charge < -0.3 is 5.32 Å². The van der Waals surface area contributed by atoms with Gasteiger partial charge in [0.2, 0.25) is 0 Å². The summed E-state index contributed by atoms with van der Waals surface area (Å²) in [5, 5.41) is 3.33. The van der Waals surface area contributed by atoms with Crippen LogP contribution in [0.15, 0.2) is 0 Å². The van der Waals surface area contributed by atoms with Crippen molar-refractivity contribution in [3.63, 3.8) is 0 Å². The molecule has 2 nitrogen and oxygen atoms in total. The molecule has 0 spiro atoms. The highest BCUT2D eigenvalue weighted by Crippen LogP contribution is 2.21. The van der Waals surface area contributed by atoms with Crippen molar-refractivity contribution in [2.75, 3.05) is 20.1 Å². The van der Waals surface area contributed by atoms with Gasteiger partial charge in [-0.15, -0.1) is 0 Å². The molecule has 0 radical (unpaired) electrons. The number of hydrogen-bond acceptors (Lipinski definition) is 2. The predicted octanol–water partition coefficient (Wildman–Crippen LogP) is -0.728. The Morgan fingerprint density at radius 1 is 1.71 bits per heavy atom. The zero-order valence-electron chi connectivity index (χ0n) is 4.52. The molecular formula is C5H10N2. The van der Waals surface area contributed by atoms with E-state index in [1.807, 2.05) is 0 Å². The van der Waals surface area contributed by atoms with E-state index < -0.39 is 0 Å². The van der Waals surface area contributed by atoms with E-state index in [-0.39, 0.29) is 0 Å². The molecule has 2 rings (SSSR count). The van der Waals surface area contributed by atoms with Gasteiger partial charge in [0.25, 0.3) is 0 Å². The molecule has 2 heteroatoms. The van der Waals surface area contributed by atoms with Crippen LogP contribution in [0.4, 0.5) is 0 Å². The highest BCUT2D eigenvalue weighted by Gasteiger charge is 2.42. The van der Waals surface area contributed by atoms with E-state index in [9.17, 15) is 0 Å². The Kier molecular flexibility index (Phi) is 0.557. The first-order valence-corrected chi connectivity index (χ1v) is 2.81. The molecule has 7 heavy (non-hydrogen) atoms. The standard InChI is InChI=1S/C5H10N2/c1-7-3-4-5(7)2-6-4/h4-6H,2-3H2,1H3/t4-,5?/m1/s1. The fraction of sp³-hybridized carbons (Fsp3) is 1.00. The Morgan fingerprint density at radius 3 is 2.57 bits per heavy atom. The second-order valence-corrected chi connectivity index (χ2v) is 2.52. The SMILES string of the molecule is CN1C[C@H]2NCC21. The molecule has 2 saturated heterocycles. The van der Waals surface area contributed by atoms with E-state index >= 15 is 0 Å². The molecule has 1 unspecified atom stereocenters. The summed E-state index contributed by atoms with van der Waals surface area (Å²) < 4.78 is 0. The number of hydrogen-bond donors (Lipinski definition) is 1. The lowest BCUT2D eigenvalue weighted by atomic mass is 9.90. The Morgan fingerprint density at radius 2 is 2.57 bits per heavy atom. The van der Waals surface area contributed by atoms with Crippen LogP contribution in [-0.2, 0) is 0 Å². The lowest BCUT2D eigenvalue weighted by Crippen LogP contribution is -2.76. The third-order valence-corrected chi connectivity index (χ3v) is 2.10. The zero-order valence-corrected chi connectivity index (χ0v) is 4.52. The van der Waals surface area contributed by atoms with Crippen molar-refractivity contribution >= 4 is 0 Å². The highest BCUT2D eigenvalue weighted by molar-refractivity contribution is 5.04. The van der Waals surface area contributed by atoms with E-state index in [4.69, 9.17) is 0 Å². The summed E-state index contributed by atoms with van der Waals surface area (Å²) in [6.07, 6.45) is 0.